The molecule has 0 fully saturated rings. The van der Waals surface area contributed by atoms with E-state index in [0.29, 0.717) is 5.69 Å². The number of alkyl halides is 3. The van der Waals surface area contributed by atoms with Crippen LogP contribution in [0.4, 0.5) is 28.9 Å². The third-order valence-corrected chi connectivity index (χ3v) is 4.87. The zero-order valence-corrected chi connectivity index (χ0v) is 20.0. The SMILES string of the molecule is C=C/C=C\N(C)c1ccc(-n2ccc(=O)c(/C(=C/C(C)N)Nc3cccc(OC(F)(F)F)c3)n2)c(F)c1. The molecular formula is C26H25F4N5O2. The van der Waals surface area contributed by atoms with Gasteiger partial charge in [0.2, 0.25) is 5.43 Å². The minimum Gasteiger partial charge on any atom is -0.406 e. The zero-order chi connectivity index (χ0) is 27.2. The van der Waals surface area contributed by atoms with Gasteiger partial charge < -0.3 is 20.7 Å². The van der Waals surface area contributed by atoms with E-state index in [2.05, 4.69) is 21.7 Å². The first-order chi connectivity index (χ1) is 17.5. The molecule has 3 N–H and O–H groups in total. The van der Waals surface area contributed by atoms with Crippen molar-refractivity contribution in [1.29, 1.82) is 0 Å². The third kappa shape index (κ3) is 7.55. The van der Waals surface area contributed by atoms with Gasteiger partial charge in [-0.05, 0) is 49.4 Å². The molecule has 0 radical (unpaired) electrons. The van der Waals surface area contributed by atoms with Crippen molar-refractivity contribution in [2.24, 2.45) is 5.73 Å². The predicted molar refractivity (Wildman–Crippen MR) is 136 cm³/mol. The first kappa shape index (κ1) is 27.2. The van der Waals surface area contributed by atoms with E-state index in [0.717, 1.165) is 12.1 Å². The third-order valence-electron chi connectivity index (χ3n) is 4.87. The molecule has 1 aromatic heterocycles. The number of benzene rings is 2. The van der Waals surface area contributed by atoms with Crippen LogP contribution in [-0.2, 0) is 0 Å². The fourth-order valence-electron chi connectivity index (χ4n) is 3.27. The van der Waals surface area contributed by atoms with Crippen LogP contribution in [-0.4, -0.2) is 29.2 Å². The van der Waals surface area contributed by atoms with Crippen LogP contribution in [0.3, 0.4) is 0 Å². The summed E-state index contributed by atoms with van der Waals surface area (Å²) in [6.07, 6.45) is 2.93. The first-order valence-corrected chi connectivity index (χ1v) is 11.0. The van der Waals surface area contributed by atoms with Crippen LogP contribution in [0.15, 0.2) is 90.5 Å². The lowest BCUT2D eigenvalue weighted by molar-refractivity contribution is -0.274. The number of ether oxygens (including phenoxy) is 1. The van der Waals surface area contributed by atoms with Crippen LogP contribution in [0.2, 0.25) is 0 Å². The van der Waals surface area contributed by atoms with Gasteiger partial charge in [0.05, 0.1) is 5.70 Å². The van der Waals surface area contributed by atoms with Crippen LogP contribution in [0.1, 0.15) is 12.6 Å². The molecule has 0 bridgehead atoms. The van der Waals surface area contributed by atoms with Crippen molar-refractivity contribution in [2.45, 2.75) is 19.3 Å². The number of aromatic nitrogens is 2. The van der Waals surface area contributed by atoms with Gasteiger partial charge in [0.25, 0.3) is 0 Å². The molecule has 1 heterocycles. The maximum atomic E-state index is 15.0. The quantitative estimate of drug-likeness (QED) is 0.301. The summed E-state index contributed by atoms with van der Waals surface area (Å²) in [5.74, 6) is -1.05. The smallest absolute Gasteiger partial charge is 0.406 e. The summed E-state index contributed by atoms with van der Waals surface area (Å²) in [6.45, 7) is 5.24. The normalized spacial score (nSPS) is 12.9. The number of halogens is 4. The second-order valence-corrected chi connectivity index (χ2v) is 7.94. The van der Waals surface area contributed by atoms with E-state index in [1.165, 1.54) is 47.3 Å². The topological polar surface area (TPSA) is 85.4 Å². The highest BCUT2D eigenvalue weighted by Crippen LogP contribution is 2.27. The van der Waals surface area contributed by atoms with Gasteiger partial charge in [-0.2, -0.15) is 5.10 Å². The molecule has 2 aromatic carbocycles. The summed E-state index contributed by atoms with van der Waals surface area (Å²) in [7, 11) is 1.75. The number of anilines is 2. The molecular weight excluding hydrogens is 490 g/mol. The molecule has 0 spiro atoms. The highest BCUT2D eigenvalue weighted by Gasteiger charge is 2.31. The second kappa shape index (κ2) is 11.6. The molecule has 3 rings (SSSR count). The Kier molecular flexibility index (Phi) is 8.51. The lowest BCUT2D eigenvalue weighted by atomic mass is 10.2. The minimum atomic E-state index is -4.87. The van der Waals surface area contributed by atoms with Crippen molar-refractivity contribution in [3.05, 3.63) is 107 Å². The van der Waals surface area contributed by atoms with Gasteiger partial charge >= 0.3 is 6.36 Å². The largest absolute Gasteiger partial charge is 0.573 e. The highest BCUT2D eigenvalue weighted by atomic mass is 19.4. The van der Waals surface area contributed by atoms with Crippen LogP contribution in [0.25, 0.3) is 11.4 Å². The zero-order valence-electron chi connectivity index (χ0n) is 20.0. The number of nitrogens with two attached hydrogens (primary N) is 1. The molecule has 1 atom stereocenters. The Morgan fingerprint density at radius 1 is 1.24 bits per heavy atom. The van der Waals surface area contributed by atoms with E-state index in [4.69, 9.17) is 5.73 Å². The van der Waals surface area contributed by atoms with Gasteiger partial charge in [0.15, 0.2) is 11.5 Å². The molecule has 3 aromatic rings. The van der Waals surface area contributed by atoms with Gasteiger partial charge in [-0.25, -0.2) is 9.07 Å². The lowest BCUT2D eigenvalue weighted by Crippen LogP contribution is -2.21. The summed E-state index contributed by atoms with van der Waals surface area (Å²) in [5.41, 5.74) is 6.24. The van der Waals surface area contributed by atoms with Crippen molar-refractivity contribution in [3.8, 4) is 11.4 Å². The molecule has 0 saturated carbocycles. The Morgan fingerprint density at radius 3 is 2.65 bits per heavy atom. The average Bonchev–Trinajstić information content (AvgIpc) is 2.81. The van der Waals surface area contributed by atoms with Crippen molar-refractivity contribution < 1.29 is 22.3 Å². The number of nitrogens with zero attached hydrogens (tertiary/aromatic N) is 3. The van der Waals surface area contributed by atoms with Gasteiger partial charge in [-0.3, -0.25) is 4.79 Å². The lowest BCUT2D eigenvalue weighted by Gasteiger charge is -2.17. The molecule has 11 heteroatoms. The van der Waals surface area contributed by atoms with Crippen LogP contribution < -0.4 is 26.1 Å². The summed E-state index contributed by atoms with van der Waals surface area (Å²) < 4.78 is 58.0. The molecule has 37 heavy (non-hydrogen) atoms. The molecule has 0 aliphatic carbocycles. The monoisotopic (exact) mass is 515 g/mol. The van der Waals surface area contributed by atoms with Crippen LogP contribution in [0.5, 0.6) is 5.75 Å². The molecule has 0 aliphatic rings. The number of nitrogens with one attached hydrogen (secondary N) is 1. The molecule has 0 saturated heterocycles. The molecule has 7 nitrogen and oxygen atoms in total. The predicted octanol–water partition coefficient (Wildman–Crippen LogP) is 5.21. The Labute approximate surface area is 210 Å². The van der Waals surface area contributed by atoms with Gasteiger partial charge in [-0.15, -0.1) is 13.2 Å². The van der Waals surface area contributed by atoms with Gasteiger partial charge in [-0.1, -0.05) is 18.7 Å². The number of hydrogen-bond donors (Lipinski definition) is 2. The number of hydrogen-bond acceptors (Lipinski definition) is 6. The van der Waals surface area contributed by atoms with Crippen LogP contribution >= 0.6 is 0 Å². The van der Waals surface area contributed by atoms with Gasteiger partial charge in [0, 0.05) is 49.0 Å². The molecule has 1 unspecified atom stereocenters. The highest BCUT2D eigenvalue weighted by molar-refractivity contribution is 5.75. The van der Waals surface area contributed by atoms with E-state index < -0.39 is 29.4 Å². The number of allylic oxidation sites excluding steroid dienone is 2. The fourth-order valence-corrected chi connectivity index (χ4v) is 3.27. The fraction of sp³-hybridized carbons (Fsp3) is 0.154. The van der Waals surface area contributed by atoms with E-state index in [1.54, 1.807) is 43.3 Å². The average molecular weight is 516 g/mol. The molecule has 0 amide bonds. The Hall–Kier alpha value is -4.38. The first-order valence-electron chi connectivity index (χ1n) is 11.0. The van der Waals surface area contributed by atoms with Crippen LogP contribution in [0, 0.1) is 5.82 Å². The van der Waals surface area contributed by atoms with E-state index in [-0.39, 0.29) is 22.8 Å². The summed E-state index contributed by atoms with van der Waals surface area (Å²) >= 11 is 0. The Bertz CT molecular complexity index is 1380. The second-order valence-electron chi connectivity index (χ2n) is 7.94. The summed E-state index contributed by atoms with van der Waals surface area (Å²) in [5, 5.41) is 7.16. The Morgan fingerprint density at radius 2 is 2.00 bits per heavy atom. The Balaban J connectivity index is 1.99. The van der Waals surface area contributed by atoms with E-state index >= 15 is 4.39 Å². The van der Waals surface area contributed by atoms with E-state index in [9.17, 15) is 18.0 Å². The van der Waals surface area contributed by atoms with E-state index in [1.807, 2.05) is 0 Å². The maximum Gasteiger partial charge on any atom is 0.573 e. The van der Waals surface area contributed by atoms with Crippen molar-refractivity contribution in [3.63, 3.8) is 0 Å². The summed E-state index contributed by atoms with van der Waals surface area (Å²) in [6, 6.07) is 10.2. The minimum absolute atomic E-state index is 0.0758. The maximum absolute atomic E-state index is 15.0. The van der Waals surface area contributed by atoms with Crippen molar-refractivity contribution in [2.75, 3.05) is 17.3 Å². The standard InChI is InChI=1S/C26H25F4N5O2/c1-4-5-12-34(3)19-9-10-23(21(27)16-19)35-13-11-24(36)25(33-35)22(14-17(2)31)32-18-7-6-8-20(15-18)37-26(28,29)30/h4-17,32H,1,31H2,2-3H3/b12-5-,22-14-. The number of rotatable bonds is 9. The molecule has 0 aliphatic heterocycles. The molecule has 194 valence electrons. The van der Waals surface area contributed by atoms with Crippen molar-refractivity contribution in [1.82, 2.24) is 9.78 Å². The summed E-state index contributed by atoms with van der Waals surface area (Å²) in [4.78, 5) is 14.4. The van der Waals surface area contributed by atoms with Gasteiger partial charge in [0.1, 0.15) is 11.4 Å². The van der Waals surface area contributed by atoms with Crippen molar-refractivity contribution >= 4 is 17.1 Å².